The third kappa shape index (κ3) is 2.64. The first-order chi connectivity index (χ1) is 4.15. The van der Waals surface area contributed by atoms with E-state index in [4.69, 9.17) is 4.55 Å². The summed E-state index contributed by atoms with van der Waals surface area (Å²) >= 11 is 0. The van der Waals surface area contributed by atoms with Crippen LogP contribution in [0.2, 0.25) is 0 Å². The minimum absolute atomic E-state index is 1.18. The lowest BCUT2D eigenvalue weighted by atomic mass is 10.1. The maximum Gasteiger partial charge on any atom is 0.270 e. The van der Waals surface area contributed by atoms with Gasteiger partial charge >= 0.3 is 0 Å². The minimum atomic E-state index is -4.17. The van der Waals surface area contributed by atoms with Crippen molar-refractivity contribution in [2.75, 3.05) is 0 Å². The van der Waals surface area contributed by atoms with E-state index in [1.54, 1.807) is 0 Å². The molecule has 0 fully saturated rings. The van der Waals surface area contributed by atoms with Crippen LogP contribution in [0.5, 0.6) is 0 Å². The van der Waals surface area contributed by atoms with Crippen LogP contribution in [0, 0.1) is 0 Å². The van der Waals surface area contributed by atoms with Gasteiger partial charge in [-0.3, -0.25) is 4.55 Å². The standard InChI is InChI=1S/C5H11O4S/c1-4(5(2,3)6)10(7,8)9/h4H,1-3H3,(H,7,8,9). The fourth-order valence-electron chi connectivity index (χ4n) is 0.359. The second-order valence-electron chi connectivity index (χ2n) is 2.76. The molecule has 0 saturated carbocycles. The zero-order chi connectivity index (χ0) is 8.58. The number of rotatable bonds is 2. The predicted octanol–water partition coefficient (Wildman–Crippen LogP) is 0.472. The molecule has 0 aromatic carbocycles. The predicted molar refractivity (Wildman–Crippen MR) is 35.8 cm³/mol. The van der Waals surface area contributed by atoms with Crippen LogP contribution in [-0.4, -0.2) is 23.8 Å². The van der Waals surface area contributed by atoms with Crippen LogP contribution in [-0.2, 0) is 15.2 Å². The van der Waals surface area contributed by atoms with Gasteiger partial charge in [0, 0.05) is 0 Å². The molecular weight excluding hydrogens is 156 g/mol. The highest BCUT2D eigenvalue weighted by atomic mass is 32.2. The Hall–Kier alpha value is -0.130. The summed E-state index contributed by atoms with van der Waals surface area (Å²) in [4.78, 5) is 0. The SMILES string of the molecule is CC(C(C)(C)[O])S(=O)(=O)O. The van der Waals surface area contributed by atoms with Gasteiger partial charge in [0.05, 0.1) is 0 Å². The molecule has 5 heteroatoms. The van der Waals surface area contributed by atoms with E-state index in [9.17, 15) is 13.5 Å². The van der Waals surface area contributed by atoms with Crippen LogP contribution < -0.4 is 0 Å². The van der Waals surface area contributed by atoms with Crippen molar-refractivity contribution in [3.05, 3.63) is 0 Å². The molecule has 1 atom stereocenters. The quantitative estimate of drug-likeness (QED) is 0.607. The topological polar surface area (TPSA) is 74.3 Å². The zero-order valence-corrected chi connectivity index (χ0v) is 6.97. The molecule has 0 saturated heterocycles. The Morgan fingerprint density at radius 3 is 1.70 bits per heavy atom. The van der Waals surface area contributed by atoms with Crippen molar-refractivity contribution < 1.29 is 18.1 Å². The molecule has 0 heterocycles. The van der Waals surface area contributed by atoms with Crippen LogP contribution in [0.15, 0.2) is 0 Å². The summed E-state index contributed by atoms with van der Waals surface area (Å²) in [6.07, 6.45) is 0. The highest BCUT2D eigenvalue weighted by Crippen LogP contribution is 2.15. The van der Waals surface area contributed by atoms with Crippen molar-refractivity contribution in [2.24, 2.45) is 0 Å². The van der Waals surface area contributed by atoms with Gasteiger partial charge in [0.15, 0.2) is 0 Å². The Morgan fingerprint density at radius 1 is 1.40 bits per heavy atom. The van der Waals surface area contributed by atoms with E-state index in [1.165, 1.54) is 20.8 Å². The lowest BCUT2D eigenvalue weighted by Crippen LogP contribution is -2.38. The van der Waals surface area contributed by atoms with E-state index in [1.807, 2.05) is 0 Å². The molecule has 0 bridgehead atoms. The maximum absolute atomic E-state index is 10.9. The van der Waals surface area contributed by atoms with E-state index in [0.717, 1.165) is 0 Å². The summed E-state index contributed by atoms with van der Waals surface area (Å²) in [7, 11) is -4.17. The second kappa shape index (κ2) is 2.48. The first-order valence-corrected chi connectivity index (χ1v) is 4.32. The average molecular weight is 167 g/mol. The molecule has 0 rings (SSSR count). The Balaban J connectivity index is 4.56. The van der Waals surface area contributed by atoms with E-state index >= 15 is 0 Å². The van der Waals surface area contributed by atoms with Crippen molar-refractivity contribution in [3.8, 4) is 0 Å². The Kier molecular flexibility index (Phi) is 2.45. The van der Waals surface area contributed by atoms with Gasteiger partial charge in [-0.05, 0) is 20.8 Å². The first kappa shape index (κ1) is 9.87. The van der Waals surface area contributed by atoms with Crippen LogP contribution in [0.1, 0.15) is 20.8 Å². The highest BCUT2D eigenvalue weighted by Gasteiger charge is 2.34. The highest BCUT2D eigenvalue weighted by molar-refractivity contribution is 7.86. The molecule has 1 N–H and O–H groups in total. The fourth-order valence-corrected chi connectivity index (χ4v) is 1.08. The maximum atomic E-state index is 10.9. The molecular formula is C5H11O4S. The Labute approximate surface area is 60.6 Å². The second-order valence-corrected chi connectivity index (χ2v) is 4.50. The van der Waals surface area contributed by atoms with E-state index in [-0.39, 0.29) is 0 Å². The van der Waals surface area contributed by atoms with Gasteiger partial charge in [-0.2, -0.15) is 8.42 Å². The van der Waals surface area contributed by atoms with E-state index in [0.29, 0.717) is 0 Å². The molecule has 0 aliphatic heterocycles. The average Bonchev–Trinajstić information content (AvgIpc) is 1.59. The zero-order valence-electron chi connectivity index (χ0n) is 6.16. The Bertz CT molecular complexity index is 198. The van der Waals surface area contributed by atoms with Gasteiger partial charge in [0.1, 0.15) is 10.9 Å². The lowest BCUT2D eigenvalue weighted by molar-refractivity contribution is 0.00266. The lowest BCUT2D eigenvalue weighted by Gasteiger charge is -2.19. The molecule has 4 nitrogen and oxygen atoms in total. The molecule has 1 unspecified atom stereocenters. The third-order valence-electron chi connectivity index (χ3n) is 1.43. The number of hydrogen-bond acceptors (Lipinski definition) is 2. The molecule has 61 valence electrons. The normalized spacial score (nSPS) is 16.9. The first-order valence-electron chi connectivity index (χ1n) is 2.82. The molecule has 0 aromatic rings. The van der Waals surface area contributed by atoms with Crippen molar-refractivity contribution in [1.82, 2.24) is 0 Å². The van der Waals surface area contributed by atoms with Crippen LogP contribution >= 0.6 is 0 Å². The monoisotopic (exact) mass is 167 g/mol. The van der Waals surface area contributed by atoms with Gasteiger partial charge in [-0.25, -0.2) is 5.11 Å². The van der Waals surface area contributed by atoms with Crippen molar-refractivity contribution in [1.29, 1.82) is 0 Å². The molecule has 0 aliphatic rings. The van der Waals surface area contributed by atoms with Crippen molar-refractivity contribution in [2.45, 2.75) is 31.6 Å². The van der Waals surface area contributed by atoms with E-state index < -0.39 is 21.0 Å². The molecule has 10 heavy (non-hydrogen) atoms. The molecule has 0 aliphatic carbocycles. The molecule has 0 amide bonds. The van der Waals surface area contributed by atoms with Gasteiger partial charge in [-0.1, -0.05) is 0 Å². The molecule has 0 aromatic heterocycles. The van der Waals surface area contributed by atoms with Gasteiger partial charge in [0.2, 0.25) is 0 Å². The van der Waals surface area contributed by atoms with E-state index in [2.05, 4.69) is 0 Å². The largest absolute Gasteiger partial charge is 0.285 e. The smallest absolute Gasteiger partial charge is 0.270 e. The summed E-state index contributed by atoms with van der Waals surface area (Å²) in [5, 5.41) is 9.65. The van der Waals surface area contributed by atoms with Crippen LogP contribution in [0.25, 0.3) is 0 Å². The van der Waals surface area contributed by atoms with Gasteiger partial charge in [-0.15, -0.1) is 0 Å². The fraction of sp³-hybridized carbons (Fsp3) is 1.00. The summed E-state index contributed by atoms with van der Waals surface area (Å²) < 4.78 is 29.1. The number of hydrogen-bond donors (Lipinski definition) is 1. The van der Waals surface area contributed by atoms with Crippen molar-refractivity contribution in [3.63, 3.8) is 0 Å². The Morgan fingerprint density at radius 2 is 1.70 bits per heavy atom. The van der Waals surface area contributed by atoms with Crippen LogP contribution in [0.4, 0.5) is 0 Å². The summed E-state index contributed by atoms with van der Waals surface area (Å²) in [5.74, 6) is 0. The van der Waals surface area contributed by atoms with Gasteiger partial charge < -0.3 is 0 Å². The summed E-state index contributed by atoms with van der Waals surface area (Å²) in [6.45, 7) is 3.61. The van der Waals surface area contributed by atoms with Gasteiger partial charge in [0.25, 0.3) is 10.1 Å². The minimum Gasteiger partial charge on any atom is -0.285 e. The van der Waals surface area contributed by atoms with Crippen molar-refractivity contribution >= 4 is 10.1 Å². The summed E-state index contributed by atoms with van der Waals surface area (Å²) in [6, 6.07) is 0. The van der Waals surface area contributed by atoms with Crippen LogP contribution in [0.3, 0.4) is 0 Å². The third-order valence-corrected chi connectivity index (χ3v) is 2.89. The summed E-state index contributed by atoms with van der Waals surface area (Å²) in [5.41, 5.74) is -1.65. The molecule has 1 radical (unpaired) electrons. The molecule has 0 spiro atoms.